The molecule has 4 rings (SSSR count). The van der Waals surface area contributed by atoms with E-state index in [0.717, 1.165) is 24.3 Å². The topological polar surface area (TPSA) is 130 Å². The van der Waals surface area contributed by atoms with Crippen molar-refractivity contribution in [2.75, 3.05) is 6.54 Å². The molecule has 0 saturated heterocycles. The van der Waals surface area contributed by atoms with Gasteiger partial charge in [0.2, 0.25) is 0 Å². The third-order valence-corrected chi connectivity index (χ3v) is 7.77. The molecule has 1 saturated carbocycles. The normalized spacial score (nSPS) is 16.9. The number of hydrogen-bond acceptors (Lipinski definition) is 5. The fraction of sp³-hybridized carbons (Fsp3) is 0.321. The maximum absolute atomic E-state index is 14.4. The first-order valence-electron chi connectivity index (χ1n) is 12.9. The van der Waals surface area contributed by atoms with Gasteiger partial charge in [0.05, 0.1) is 51.4 Å². The van der Waals surface area contributed by atoms with Gasteiger partial charge in [-0.15, -0.1) is 0 Å². The molecule has 3 aromatic rings. The van der Waals surface area contributed by atoms with Crippen LogP contribution >= 0.6 is 23.2 Å². The van der Waals surface area contributed by atoms with Crippen LogP contribution in [0.4, 0.5) is 22.0 Å². The number of carboxylic acid groups (broad SMARTS) is 2. The van der Waals surface area contributed by atoms with E-state index in [-0.39, 0.29) is 36.8 Å². The van der Waals surface area contributed by atoms with Crippen molar-refractivity contribution in [2.45, 2.75) is 44.4 Å². The van der Waals surface area contributed by atoms with Crippen LogP contribution in [0.1, 0.15) is 74.1 Å². The molecule has 16 heteroatoms. The summed E-state index contributed by atoms with van der Waals surface area (Å²) in [6, 6.07) is 3.15. The van der Waals surface area contributed by atoms with Gasteiger partial charge in [0.15, 0.2) is 11.5 Å². The van der Waals surface area contributed by atoms with E-state index in [4.69, 9.17) is 23.2 Å². The fourth-order valence-electron chi connectivity index (χ4n) is 5.15. The molecule has 1 amide bonds. The van der Waals surface area contributed by atoms with Crippen LogP contribution in [0.25, 0.3) is 0 Å². The number of nitrogens with zero attached hydrogens (tertiary/aromatic N) is 3. The highest BCUT2D eigenvalue weighted by atomic mass is 35.5. The summed E-state index contributed by atoms with van der Waals surface area (Å²) in [5, 5.41) is 21.4. The zero-order valence-corrected chi connectivity index (χ0v) is 23.9. The van der Waals surface area contributed by atoms with Crippen LogP contribution in [0, 0.1) is 17.6 Å². The number of halogens is 7. The highest BCUT2D eigenvalue weighted by Gasteiger charge is 2.43. The molecule has 0 aliphatic heterocycles. The van der Waals surface area contributed by atoms with Crippen LogP contribution in [-0.4, -0.2) is 55.1 Å². The largest absolute Gasteiger partial charge is 0.481 e. The zero-order chi connectivity index (χ0) is 32.5. The Balaban J connectivity index is 1.74. The third kappa shape index (κ3) is 7.18. The Kier molecular flexibility index (Phi) is 9.64. The lowest BCUT2D eigenvalue weighted by Gasteiger charge is -2.28. The molecule has 1 fully saturated rings. The summed E-state index contributed by atoms with van der Waals surface area (Å²) >= 11 is 12.2. The van der Waals surface area contributed by atoms with Gasteiger partial charge in [0.1, 0.15) is 11.6 Å². The first kappa shape index (κ1) is 32.9. The molecule has 2 aromatic carbocycles. The SMILES string of the molecule is O=C(O)c1cc(Cl)c(C(=O)CN(Cc2cc(F)cc(F)c2)C(=O)c2cnn([C@H]3CC[C@H](C(=O)O)CC3)c2C(F)(F)F)c(Cl)c1. The zero-order valence-electron chi connectivity index (χ0n) is 22.4. The molecule has 9 nitrogen and oxygen atoms in total. The molecule has 0 bridgehead atoms. The first-order chi connectivity index (χ1) is 20.6. The van der Waals surface area contributed by atoms with E-state index in [1.54, 1.807) is 0 Å². The molecule has 0 spiro atoms. The highest BCUT2D eigenvalue weighted by molar-refractivity contribution is 6.40. The number of ketones is 1. The number of amides is 1. The predicted octanol–water partition coefficient (Wildman–Crippen LogP) is 6.53. The van der Waals surface area contributed by atoms with Crippen LogP contribution in [0.2, 0.25) is 10.0 Å². The second-order valence-electron chi connectivity index (χ2n) is 10.2. The van der Waals surface area contributed by atoms with Crippen molar-refractivity contribution in [2.24, 2.45) is 5.92 Å². The van der Waals surface area contributed by atoms with Crippen LogP contribution in [-0.2, 0) is 17.5 Å². The number of alkyl halides is 3. The summed E-state index contributed by atoms with van der Waals surface area (Å²) in [4.78, 5) is 50.2. The van der Waals surface area contributed by atoms with Crippen molar-refractivity contribution in [3.8, 4) is 0 Å². The summed E-state index contributed by atoms with van der Waals surface area (Å²) in [5.41, 5.74) is -3.38. The molecule has 0 atom stereocenters. The number of carboxylic acids is 2. The lowest BCUT2D eigenvalue weighted by atomic mass is 9.86. The van der Waals surface area contributed by atoms with Gasteiger partial charge in [0, 0.05) is 12.6 Å². The minimum Gasteiger partial charge on any atom is -0.481 e. The van der Waals surface area contributed by atoms with Crippen molar-refractivity contribution in [3.05, 3.63) is 86.2 Å². The maximum atomic E-state index is 14.4. The number of carbonyl (C=O) groups is 4. The molecule has 1 aliphatic rings. The highest BCUT2D eigenvalue weighted by Crippen LogP contribution is 2.39. The third-order valence-electron chi connectivity index (χ3n) is 7.17. The van der Waals surface area contributed by atoms with Gasteiger partial charge in [-0.05, 0) is 55.5 Å². The second-order valence-corrected chi connectivity index (χ2v) is 11.0. The maximum Gasteiger partial charge on any atom is 0.433 e. The van der Waals surface area contributed by atoms with E-state index in [9.17, 15) is 51.3 Å². The summed E-state index contributed by atoms with van der Waals surface area (Å²) < 4.78 is 71.8. The molecule has 0 unspecified atom stereocenters. The van der Waals surface area contributed by atoms with Gasteiger partial charge in [-0.2, -0.15) is 18.3 Å². The van der Waals surface area contributed by atoms with E-state index >= 15 is 0 Å². The van der Waals surface area contributed by atoms with Crippen molar-refractivity contribution < 1.29 is 51.3 Å². The smallest absolute Gasteiger partial charge is 0.433 e. The van der Waals surface area contributed by atoms with E-state index in [0.29, 0.717) is 21.8 Å². The average Bonchev–Trinajstić information content (AvgIpc) is 3.37. The van der Waals surface area contributed by atoms with Crippen LogP contribution in [0.5, 0.6) is 0 Å². The van der Waals surface area contributed by atoms with Gasteiger partial charge in [-0.3, -0.25) is 19.1 Å². The molecule has 0 radical (unpaired) electrons. The predicted molar refractivity (Wildman–Crippen MR) is 145 cm³/mol. The van der Waals surface area contributed by atoms with Crippen molar-refractivity contribution in [1.82, 2.24) is 14.7 Å². The Morgan fingerprint density at radius 3 is 2.00 bits per heavy atom. The van der Waals surface area contributed by atoms with Gasteiger partial charge in [-0.25, -0.2) is 13.6 Å². The molecule has 1 aromatic heterocycles. The number of benzene rings is 2. The monoisotopic (exact) mass is 661 g/mol. The summed E-state index contributed by atoms with van der Waals surface area (Å²) in [6.07, 6.45) is -4.18. The number of Topliss-reactive ketones (excluding diaryl/α,β-unsaturated/α-hetero) is 1. The number of carbonyl (C=O) groups excluding carboxylic acids is 2. The van der Waals surface area contributed by atoms with E-state index in [1.807, 2.05) is 0 Å². The van der Waals surface area contributed by atoms with Gasteiger partial charge in [0.25, 0.3) is 5.91 Å². The lowest BCUT2D eigenvalue weighted by molar-refractivity contribution is -0.147. The Morgan fingerprint density at radius 2 is 1.50 bits per heavy atom. The number of rotatable bonds is 9. The molecular formula is C28H22Cl2F5N3O6. The second kappa shape index (κ2) is 12.9. The molecule has 234 valence electrons. The van der Waals surface area contributed by atoms with E-state index in [1.165, 1.54) is 0 Å². The van der Waals surface area contributed by atoms with Crippen LogP contribution in [0.3, 0.4) is 0 Å². The molecule has 2 N–H and O–H groups in total. The van der Waals surface area contributed by atoms with E-state index in [2.05, 4.69) is 5.10 Å². The van der Waals surface area contributed by atoms with Gasteiger partial charge < -0.3 is 15.1 Å². The first-order valence-corrected chi connectivity index (χ1v) is 13.7. The Hall–Kier alpha value is -4.04. The lowest BCUT2D eigenvalue weighted by Crippen LogP contribution is -2.37. The van der Waals surface area contributed by atoms with Crippen LogP contribution in [0.15, 0.2) is 36.5 Å². The average molecular weight is 662 g/mol. The fourth-order valence-corrected chi connectivity index (χ4v) is 5.85. The minimum atomic E-state index is -5.12. The number of aromatic nitrogens is 2. The molecule has 44 heavy (non-hydrogen) atoms. The Labute approximate surface area is 255 Å². The van der Waals surface area contributed by atoms with E-state index < -0.39 is 93.4 Å². The van der Waals surface area contributed by atoms with Crippen molar-refractivity contribution >= 4 is 46.8 Å². The Bertz CT molecular complexity index is 1590. The quantitative estimate of drug-likeness (QED) is 0.197. The molecular weight excluding hydrogens is 640 g/mol. The van der Waals surface area contributed by atoms with Gasteiger partial charge >= 0.3 is 18.1 Å². The summed E-state index contributed by atoms with van der Waals surface area (Å²) in [6.45, 7) is -1.71. The minimum absolute atomic E-state index is 0.0451. The summed E-state index contributed by atoms with van der Waals surface area (Å²) in [5.74, 6) is -7.67. The van der Waals surface area contributed by atoms with Crippen molar-refractivity contribution in [3.63, 3.8) is 0 Å². The molecule has 1 heterocycles. The molecule has 1 aliphatic carbocycles. The van der Waals surface area contributed by atoms with Crippen molar-refractivity contribution in [1.29, 1.82) is 0 Å². The number of hydrogen-bond donors (Lipinski definition) is 2. The summed E-state index contributed by atoms with van der Waals surface area (Å²) in [7, 11) is 0. The van der Waals surface area contributed by atoms with Gasteiger partial charge in [-0.1, -0.05) is 23.2 Å². The Morgan fingerprint density at radius 1 is 0.932 bits per heavy atom. The number of aliphatic carboxylic acids is 1. The number of aromatic carboxylic acids is 1. The standard InChI is InChI=1S/C28H22Cl2F5N3O6/c29-20-7-15(27(43)44)8-21(30)23(20)22(39)12-37(11-13-5-16(31)9-17(32)6-13)25(40)19-10-36-38(24(19)28(33,34)35)18-3-1-14(2-4-18)26(41)42/h5-10,14,18H,1-4,11-12H2,(H,41,42)(H,43,44)/t14-,18-. The van der Waals surface area contributed by atoms with Crippen LogP contribution < -0.4 is 0 Å².